The highest BCUT2D eigenvalue weighted by atomic mass is 16.5. The van der Waals surface area contributed by atoms with Crippen LogP contribution in [0.1, 0.15) is 23.4 Å². The van der Waals surface area contributed by atoms with Crippen molar-refractivity contribution in [1.82, 2.24) is 15.0 Å². The molecule has 0 spiro atoms. The largest absolute Gasteiger partial charge is 0.383 e. The molecule has 0 saturated carbocycles. The van der Waals surface area contributed by atoms with Crippen LogP contribution < -0.4 is 0 Å². The van der Waals surface area contributed by atoms with Gasteiger partial charge in [0.2, 0.25) is 0 Å². The molecule has 2 saturated heterocycles. The summed E-state index contributed by atoms with van der Waals surface area (Å²) in [5.41, 5.74) is 2.26. The van der Waals surface area contributed by atoms with Crippen LogP contribution in [0.2, 0.25) is 0 Å². The molecule has 1 aromatic heterocycles. The minimum absolute atomic E-state index is 0.369. The number of rotatable bonds is 6. The average molecular weight is 323 g/mol. The van der Waals surface area contributed by atoms with E-state index in [0.29, 0.717) is 18.1 Å². The Kier molecular flexibility index (Phi) is 5.36. The van der Waals surface area contributed by atoms with E-state index < -0.39 is 0 Å². The van der Waals surface area contributed by atoms with Gasteiger partial charge in [0.1, 0.15) is 5.76 Å². The second kappa shape index (κ2) is 7.30. The van der Waals surface area contributed by atoms with Gasteiger partial charge in [0.25, 0.3) is 0 Å². The highest BCUT2D eigenvalue weighted by Gasteiger charge is 2.44. The van der Waals surface area contributed by atoms with Crippen LogP contribution in [0.15, 0.2) is 4.52 Å². The molecule has 6 nitrogen and oxygen atoms in total. The maximum absolute atomic E-state index is 5.77. The summed E-state index contributed by atoms with van der Waals surface area (Å²) in [4.78, 5) is 5.11. The normalized spacial score (nSPS) is 29.1. The fraction of sp³-hybridized carbons (Fsp3) is 0.824. The molecule has 0 amide bonds. The number of fused-ring (bicyclic) bond motifs is 1. The van der Waals surface area contributed by atoms with Gasteiger partial charge in [-0.15, -0.1) is 0 Å². The molecule has 2 fully saturated rings. The van der Waals surface area contributed by atoms with Crippen molar-refractivity contribution in [3.8, 4) is 0 Å². The van der Waals surface area contributed by atoms with Gasteiger partial charge in [-0.1, -0.05) is 5.16 Å². The minimum Gasteiger partial charge on any atom is -0.383 e. The summed E-state index contributed by atoms with van der Waals surface area (Å²) in [6, 6.07) is 0.541. The number of methoxy groups -OCH3 is 2. The summed E-state index contributed by atoms with van der Waals surface area (Å²) in [5, 5.41) is 4.10. The minimum atomic E-state index is 0.369. The highest BCUT2D eigenvalue weighted by Crippen LogP contribution is 2.33. The van der Waals surface area contributed by atoms with Crippen molar-refractivity contribution < 1.29 is 14.0 Å². The Morgan fingerprint density at radius 3 is 2.74 bits per heavy atom. The Morgan fingerprint density at radius 2 is 2.09 bits per heavy atom. The predicted octanol–water partition coefficient (Wildman–Crippen LogP) is 1.46. The zero-order chi connectivity index (χ0) is 16.4. The van der Waals surface area contributed by atoms with Crippen molar-refractivity contribution in [2.75, 3.05) is 47.0 Å². The smallest absolute Gasteiger partial charge is 0.138 e. The van der Waals surface area contributed by atoms with E-state index in [0.717, 1.165) is 57.2 Å². The summed E-state index contributed by atoms with van der Waals surface area (Å²) < 4.78 is 16.4. The molecule has 3 rings (SSSR count). The van der Waals surface area contributed by atoms with Crippen molar-refractivity contribution in [1.29, 1.82) is 0 Å². The molecule has 23 heavy (non-hydrogen) atoms. The van der Waals surface area contributed by atoms with E-state index in [4.69, 9.17) is 14.0 Å². The Hall–Kier alpha value is -0.950. The van der Waals surface area contributed by atoms with Gasteiger partial charge in [0, 0.05) is 64.5 Å². The van der Waals surface area contributed by atoms with E-state index in [1.54, 1.807) is 7.11 Å². The average Bonchev–Trinajstić information content (AvgIpc) is 3.11. The van der Waals surface area contributed by atoms with Crippen LogP contribution in [-0.2, 0) is 16.0 Å². The number of likely N-dealkylation sites (tertiary alicyclic amines) is 2. The standard InChI is InChI=1S/C17H29N3O3/c1-12-14(13(2)23-18-12)10-20-6-5-17(22-4)15-9-19(7-8-21-3)11-16(15)20/h15-17H,5-11H2,1-4H3/t15-,16+,17-/m0/s1. The SMILES string of the molecule is COCCN1C[C@@H]2[C@@H](OC)CCN(Cc3c(C)noc3C)[C@@H]2C1. The second-order valence-corrected chi connectivity index (χ2v) is 6.82. The molecule has 2 aliphatic heterocycles. The first-order chi connectivity index (χ1) is 11.1. The Bertz CT molecular complexity index is 500. The van der Waals surface area contributed by atoms with Crippen molar-refractivity contribution in [2.24, 2.45) is 5.92 Å². The van der Waals surface area contributed by atoms with Crippen molar-refractivity contribution in [3.63, 3.8) is 0 Å². The van der Waals surface area contributed by atoms with E-state index in [1.807, 2.05) is 21.0 Å². The van der Waals surface area contributed by atoms with Crippen LogP contribution in [0, 0.1) is 19.8 Å². The van der Waals surface area contributed by atoms with E-state index in [1.165, 1.54) is 5.56 Å². The van der Waals surface area contributed by atoms with E-state index in [9.17, 15) is 0 Å². The summed E-state index contributed by atoms with van der Waals surface area (Å²) in [6.07, 6.45) is 1.47. The Balaban J connectivity index is 1.72. The van der Waals surface area contributed by atoms with Gasteiger partial charge < -0.3 is 14.0 Å². The molecule has 130 valence electrons. The van der Waals surface area contributed by atoms with Crippen LogP contribution in [0.3, 0.4) is 0 Å². The lowest BCUT2D eigenvalue weighted by Gasteiger charge is -2.41. The van der Waals surface area contributed by atoms with Crippen LogP contribution in [-0.4, -0.2) is 74.1 Å². The van der Waals surface area contributed by atoms with Gasteiger partial charge in [-0.2, -0.15) is 0 Å². The molecule has 6 heteroatoms. The van der Waals surface area contributed by atoms with E-state index in [-0.39, 0.29) is 0 Å². The van der Waals surface area contributed by atoms with Crippen molar-refractivity contribution in [3.05, 3.63) is 17.0 Å². The van der Waals surface area contributed by atoms with Gasteiger partial charge in [-0.05, 0) is 20.3 Å². The van der Waals surface area contributed by atoms with Crippen LogP contribution >= 0.6 is 0 Å². The number of piperidine rings is 1. The molecular formula is C17H29N3O3. The molecule has 0 bridgehead atoms. The molecule has 0 aliphatic carbocycles. The maximum Gasteiger partial charge on any atom is 0.138 e. The lowest BCUT2D eigenvalue weighted by Crippen LogP contribution is -2.50. The molecule has 0 N–H and O–H groups in total. The third-order valence-electron chi connectivity index (χ3n) is 5.51. The first-order valence-electron chi connectivity index (χ1n) is 8.54. The predicted molar refractivity (Wildman–Crippen MR) is 87.4 cm³/mol. The molecule has 3 heterocycles. The maximum atomic E-state index is 5.77. The lowest BCUT2D eigenvalue weighted by atomic mass is 9.88. The molecule has 1 aromatic rings. The number of ether oxygens (including phenoxy) is 2. The number of nitrogens with zero attached hydrogens (tertiary/aromatic N) is 3. The van der Waals surface area contributed by atoms with E-state index >= 15 is 0 Å². The van der Waals surface area contributed by atoms with Gasteiger partial charge >= 0.3 is 0 Å². The Labute approximate surface area is 138 Å². The zero-order valence-corrected chi connectivity index (χ0v) is 14.7. The first-order valence-corrected chi connectivity index (χ1v) is 8.54. The lowest BCUT2D eigenvalue weighted by molar-refractivity contribution is -0.0246. The molecule has 0 radical (unpaired) electrons. The van der Waals surface area contributed by atoms with Gasteiger partial charge in [-0.3, -0.25) is 9.80 Å². The zero-order valence-electron chi connectivity index (χ0n) is 14.7. The summed E-state index contributed by atoms with van der Waals surface area (Å²) in [5.74, 6) is 1.52. The van der Waals surface area contributed by atoms with Crippen LogP contribution in [0.25, 0.3) is 0 Å². The van der Waals surface area contributed by atoms with E-state index in [2.05, 4.69) is 15.0 Å². The summed E-state index contributed by atoms with van der Waals surface area (Å²) in [6.45, 7) is 10.0. The fourth-order valence-corrected chi connectivity index (χ4v) is 4.14. The number of aryl methyl sites for hydroxylation is 2. The number of hydrogen-bond acceptors (Lipinski definition) is 6. The fourth-order valence-electron chi connectivity index (χ4n) is 4.14. The summed E-state index contributed by atoms with van der Waals surface area (Å²) >= 11 is 0. The number of hydrogen-bond donors (Lipinski definition) is 0. The highest BCUT2D eigenvalue weighted by molar-refractivity contribution is 5.21. The Morgan fingerprint density at radius 1 is 1.26 bits per heavy atom. The van der Waals surface area contributed by atoms with Gasteiger partial charge in [-0.25, -0.2) is 0 Å². The van der Waals surface area contributed by atoms with Crippen LogP contribution in [0.4, 0.5) is 0 Å². The third-order valence-corrected chi connectivity index (χ3v) is 5.51. The second-order valence-electron chi connectivity index (χ2n) is 6.82. The van der Waals surface area contributed by atoms with Crippen molar-refractivity contribution in [2.45, 2.75) is 39.0 Å². The molecule has 3 atom stereocenters. The summed E-state index contributed by atoms with van der Waals surface area (Å²) in [7, 11) is 3.62. The molecular weight excluding hydrogens is 294 g/mol. The molecule has 0 aromatic carbocycles. The molecule has 2 aliphatic rings. The number of aromatic nitrogens is 1. The van der Waals surface area contributed by atoms with Gasteiger partial charge in [0.05, 0.1) is 18.4 Å². The quantitative estimate of drug-likeness (QED) is 0.790. The van der Waals surface area contributed by atoms with Crippen LogP contribution in [0.5, 0.6) is 0 Å². The monoisotopic (exact) mass is 323 g/mol. The topological polar surface area (TPSA) is 51.0 Å². The molecule has 0 unspecified atom stereocenters. The van der Waals surface area contributed by atoms with Crippen molar-refractivity contribution >= 4 is 0 Å². The first kappa shape index (κ1) is 16.9. The van der Waals surface area contributed by atoms with Gasteiger partial charge in [0.15, 0.2) is 0 Å². The third kappa shape index (κ3) is 3.45.